The molecule has 1 aromatic carbocycles. The summed E-state index contributed by atoms with van der Waals surface area (Å²) in [4.78, 5) is 14.2. The van der Waals surface area contributed by atoms with Crippen LogP contribution in [-0.4, -0.2) is 43.6 Å². The Bertz CT molecular complexity index is 479. The van der Waals surface area contributed by atoms with Gasteiger partial charge in [-0.25, -0.2) is 0 Å². The highest BCUT2D eigenvalue weighted by atomic mass is 35.5. The van der Waals surface area contributed by atoms with Crippen molar-refractivity contribution in [3.63, 3.8) is 0 Å². The third kappa shape index (κ3) is 3.64. The molecule has 1 fully saturated rings. The minimum absolute atomic E-state index is 0.214. The number of piperazine rings is 1. The average molecular weight is 297 g/mol. The van der Waals surface area contributed by atoms with Crippen LogP contribution in [0.1, 0.15) is 18.9 Å². The number of aryl methyl sites for hydroxylation is 1. The van der Waals surface area contributed by atoms with E-state index in [1.165, 1.54) is 0 Å². The minimum Gasteiger partial charge on any atom is -0.495 e. The van der Waals surface area contributed by atoms with Gasteiger partial charge >= 0.3 is 0 Å². The lowest BCUT2D eigenvalue weighted by Crippen LogP contribution is -2.52. The molecule has 0 radical (unpaired) electrons. The van der Waals surface area contributed by atoms with Gasteiger partial charge in [0.25, 0.3) is 0 Å². The summed E-state index contributed by atoms with van der Waals surface area (Å²) in [6.07, 6.45) is 1.23. The van der Waals surface area contributed by atoms with Gasteiger partial charge in [-0.2, -0.15) is 0 Å². The number of benzene rings is 1. The molecule has 1 saturated heterocycles. The molecular weight excluding hydrogens is 276 g/mol. The second-order valence-corrected chi connectivity index (χ2v) is 5.52. The van der Waals surface area contributed by atoms with Crippen molar-refractivity contribution in [2.24, 2.45) is 0 Å². The molecule has 1 aliphatic heterocycles. The molecule has 1 aliphatic rings. The van der Waals surface area contributed by atoms with Crippen LogP contribution in [0, 0.1) is 0 Å². The Hall–Kier alpha value is -1.26. The molecule has 1 heterocycles. The molecule has 20 heavy (non-hydrogen) atoms. The van der Waals surface area contributed by atoms with Crippen LogP contribution < -0.4 is 10.1 Å². The SMILES string of the molecule is COc1ccc(CCC(=O)N2CCNC[C@@H]2C)cc1Cl. The Morgan fingerprint density at radius 2 is 2.35 bits per heavy atom. The zero-order valence-corrected chi connectivity index (χ0v) is 12.7. The molecule has 5 heteroatoms. The number of halogens is 1. The largest absolute Gasteiger partial charge is 0.495 e. The summed E-state index contributed by atoms with van der Waals surface area (Å²) >= 11 is 6.09. The predicted molar refractivity (Wildman–Crippen MR) is 80.4 cm³/mol. The standard InChI is InChI=1S/C15H21ClN2O2/c1-11-10-17-7-8-18(11)15(19)6-4-12-3-5-14(20-2)13(16)9-12/h3,5,9,11,17H,4,6-8,10H2,1-2H3/t11-/m0/s1. The molecule has 0 aliphatic carbocycles. The highest BCUT2D eigenvalue weighted by Gasteiger charge is 2.22. The van der Waals surface area contributed by atoms with Crippen molar-refractivity contribution < 1.29 is 9.53 Å². The maximum Gasteiger partial charge on any atom is 0.223 e. The zero-order chi connectivity index (χ0) is 14.5. The lowest BCUT2D eigenvalue weighted by atomic mass is 10.1. The molecule has 4 nitrogen and oxygen atoms in total. The van der Waals surface area contributed by atoms with Crippen LogP contribution >= 0.6 is 11.6 Å². The zero-order valence-electron chi connectivity index (χ0n) is 12.0. The Morgan fingerprint density at radius 3 is 3.00 bits per heavy atom. The van der Waals surface area contributed by atoms with E-state index in [9.17, 15) is 4.79 Å². The Morgan fingerprint density at radius 1 is 1.55 bits per heavy atom. The van der Waals surface area contributed by atoms with Crippen molar-refractivity contribution in [3.05, 3.63) is 28.8 Å². The second-order valence-electron chi connectivity index (χ2n) is 5.11. The van der Waals surface area contributed by atoms with E-state index in [0.717, 1.165) is 25.2 Å². The molecule has 0 bridgehead atoms. The van der Waals surface area contributed by atoms with Crippen molar-refractivity contribution in [2.45, 2.75) is 25.8 Å². The number of carbonyl (C=O) groups excluding carboxylic acids is 1. The quantitative estimate of drug-likeness (QED) is 0.925. The van der Waals surface area contributed by atoms with Gasteiger partial charge in [0.05, 0.1) is 12.1 Å². The monoisotopic (exact) mass is 296 g/mol. The molecule has 1 amide bonds. The number of rotatable bonds is 4. The van der Waals surface area contributed by atoms with Gasteiger partial charge in [0.2, 0.25) is 5.91 Å². The fourth-order valence-electron chi connectivity index (χ4n) is 2.47. The van der Waals surface area contributed by atoms with Gasteiger partial charge in [0.15, 0.2) is 0 Å². The van der Waals surface area contributed by atoms with Crippen molar-refractivity contribution in [3.8, 4) is 5.75 Å². The van der Waals surface area contributed by atoms with E-state index in [1.807, 2.05) is 23.1 Å². The van der Waals surface area contributed by atoms with E-state index in [0.29, 0.717) is 23.6 Å². The molecule has 0 spiro atoms. The fourth-order valence-corrected chi connectivity index (χ4v) is 2.75. The Labute approximate surface area is 125 Å². The Balaban J connectivity index is 1.91. The lowest BCUT2D eigenvalue weighted by Gasteiger charge is -2.34. The van der Waals surface area contributed by atoms with Gasteiger partial charge < -0.3 is 15.0 Å². The van der Waals surface area contributed by atoms with Crippen molar-refractivity contribution in [1.29, 1.82) is 0 Å². The lowest BCUT2D eigenvalue weighted by molar-refractivity contribution is -0.133. The van der Waals surface area contributed by atoms with Crippen LogP contribution in [-0.2, 0) is 11.2 Å². The van der Waals surface area contributed by atoms with Crippen molar-refractivity contribution >= 4 is 17.5 Å². The summed E-state index contributed by atoms with van der Waals surface area (Å²) in [7, 11) is 1.59. The van der Waals surface area contributed by atoms with Gasteiger partial charge in [-0.15, -0.1) is 0 Å². The van der Waals surface area contributed by atoms with Crippen LogP contribution in [0.4, 0.5) is 0 Å². The maximum atomic E-state index is 12.2. The van der Waals surface area contributed by atoms with Crippen LogP contribution in [0.15, 0.2) is 18.2 Å². The van der Waals surface area contributed by atoms with Crippen LogP contribution in [0.3, 0.4) is 0 Å². The third-order valence-corrected chi connectivity index (χ3v) is 3.96. The molecule has 110 valence electrons. The molecule has 0 unspecified atom stereocenters. The summed E-state index contributed by atoms with van der Waals surface area (Å²) in [6.45, 7) is 4.63. The van der Waals surface area contributed by atoms with E-state index in [4.69, 9.17) is 16.3 Å². The number of ether oxygens (including phenoxy) is 1. The molecule has 1 aromatic rings. The topological polar surface area (TPSA) is 41.6 Å². The first-order chi connectivity index (χ1) is 9.61. The summed E-state index contributed by atoms with van der Waals surface area (Å²) in [5, 5.41) is 3.88. The van der Waals surface area contributed by atoms with Gasteiger partial charge in [-0.3, -0.25) is 4.79 Å². The third-order valence-electron chi connectivity index (χ3n) is 3.67. The number of hydrogen-bond donors (Lipinski definition) is 1. The van der Waals surface area contributed by atoms with Gasteiger partial charge in [-0.05, 0) is 31.0 Å². The summed E-state index contributed by atoms with van der Waals surface area (Å²) in [6, 6.07) is 5.94. The molecular formula is C15H21ClN2O2. The van der Waals surface area contributed by atoms with E-state index in [-0.39, 0.29) is 11.9 Å². The number of hydrogen-bond acceptors (Lipinski definition) is 3. The van der Waals surface area contributed by atoms with Crippen molar-refractivity contribution in [1.82, 2.24) is 10.2 Å². The number of methoxy groups -OCH3 is 1. The predicted octanol–water partition coefficient (Wildman–Crippen LogP) is 2.10. The molecule has 2 rings (SSSR count). The highest BCUT2D eigenvalue weighted by Crippen LogP contribution is 2.25. The van der Waals surface area contributed by atoms with E-state index in [1.54, 1.807) is 7.11 Å². The molecule has 0 aromatic heterocycles. The summed E-state index contributed by atoms with van der Waals surface area (Å²) in [5.74, 6) is 0.878. The number of carbonyl (C=O) groups is 1. The van der Waals surface area contributed by atoms with E-state index < -0.39 is 0 Å². The normalized spacial score (nSPS) is 18.9. The first-order valence-electron chi connectivity index (χ1n) is 6.94. The van der Waals surface area contributed by atoms with Crippen LogP contribution in [0.5, 0.6) is 5.75 Å². The maximum absolute atomic E-state index is 12.2. The van der Waals surface area contributed by atoms with Gasteiger partial charge in [0.1, 0.15) is 5.75 Å². The summed E-state index contributed by atoms with van der Waals surface area (Å²) < 4.78 is 5.12. The number of amides is 1. The molecule has 0 saturated carbocycles. The Kier molecular flexibility index (Phi) is 5.26. The van der Waals surface area contributed by atoms with Crippen LogP contribution in [0.25, 0.3) is 0 Å². The second kappa shape index (κ2) is 6.95. The van der Waals surface area contributed by atoms with Crippen molar-refractivity contribution in [2.75, 3.05) is 26.7 Å². The van der Waals surface area contributed by atoms with E-state index >= 15 is 0 Å². The number of nitrogens with zero attached hydrogens (tertiary/aromatic N) is 1. The average Bonchev–Trinajstić information content (AvgIpc) is 2.45. The van der Waals surface area contributed by atoms with Gasteiger partial charge in [0, 0.05) is 32.1 Å². The smallest absolute Gasteiger partial charge is 0.223 e. The first-order valence-corrected chi connectivity index (χ1v) is 7.32. The van der Waals surface area contributed by atoms with E-state index in [2.05, 4.69) is 12.2 Å². The summed E-state index contributed by atoms with van der Waals surface area (Å²) in [5.41, 5.74) is 1.06. The fraction of sp³-hybridized carbons (Fsp3) is 0.533. The minimum atomic E-state index is 0.214. The van der Waals surface area contributed by atoms with Gasteiger partial charge in [-0.1, -0.05) is 17.7 Å². The first kappa shape index (κ1) is 15.1. The highest BCUT2D eigenvalue weighted by molar-refractivity contribution is 6.32. The number of nitrogens with one attached hydrogen (secondary N) is 1. The molecule has 1 atom stereocenters. The molecule has 1 N–H and O–H groups in total. The van der Waals surface area contributed by atoms with Crippen LogP contribution in [0.2, 0.25) is 5.02 Å².